The van der Waals surface area contributed by atoms with Crippen molar-refractivity contribution in [3.05, 3.63) is 17.7 Å². The van der Waals surface area contributed by atoms with Gasteiger partial charge in [-0.3, -0.25) is 4.99 Å². The van der Waals surface area contributed by atoms with Crippen LogP contribution in [-0.2, 0) is 6.42 Å². The SMILES string of the molecule is CC(C)C1=Nc2cc3c(cc2C1)OC(F)(F)O3. The lowest BCUT2D eigenvalue weighted by atomic mass is 10.0. The van der Waals surface area contributed by atoms with E-state index in [9.17, 15) is 8.78 Å². The number of alkyl halides is 2. The van der Waals surface area contributed by atoms with Crippen LogP contribution in [0.3, 0.4) is 0 Å². The Hall–Kier alpha value is -1.65. The van der Waals surface area contributed by atoms with Crippen molar-refractivity contribution < 1.29 is 18.3 Å². The zero-order chi connectivity index (χ0) is 12.2. The van der Waals surface area contributed by atoms with Crippen LogP contribution in [0.5, 0.6) is 11.5 Å². The quantitative estimate of drug-likeness (QED) is 0.752. The van der Waals surface area contributed by atoms with Crippen molar-refractivity contribution >= 4 is 11.4 Å². The van der Waals surface area contributed by atoms with Gasteiger partial charge >= 0.3 is 6.29 Å². The largest absolute Gasteiger partial charge is 0.586 e. The second-order valence-electron chi connectivity index (χ2n) is 4.53. The molecule has 0 bridgehead atoms. The summed E-state index contributed by atoms with van der Waals surface area (Å²) in [6, 6.07) is 3.10. The van der Waals surface area contributed by atoms with Crippen molar-refractivity contribution in [1.82, 2.24) is 0 Å². The summed E-state index contributed by atoms with van der Waals surface area (Å²) in [5.41, 5.74) is 2.66. The summed E-state index contributed by atoms with van der Waals surface area (Å²) < 4.78 is 34.5. The van der Waals surface area contributed by atoms with Gasteiger partial charge < -0.3 is 9.47 Å². The summed E-state index contributed by atoms with van der Waals surface area (Å²) in [5, 5.41) is 0. The van der Waals surface area contributed by atoms with E-state index >= 15 is 0 Å². The Balaban J connectivity index is 1.99. The zero-order valence-electron chi connectivity index (χ0n) is 9.46. The molecule has 2 heterocycles. The first-order valence-corrected chi connectivity index (χ1v) is 5.45. The summed E-state index contributed by atoms with van der Waals surface area (Å²) in [7, 11) is 0. The van der Waals surface area contributed by atoms with E-state index in [1.54, 1.807) is 6.07 Å². The van der Waals surface area contributed by atoms with Gasteiger partial charge in [-0.2, -0.15) is 0 Å². The predicted octanol–water partition coefficient (Wildman–Crippen LogP) is 3.29. The maximum atomic E-state index is 12.8. The molecule has 1 aromatic carbocycles. The maximum absolute atomic E-state index is 12.8. The molecule has 17 heavy (non-hydrogen) atoms. The number of hydrogen-bond donors (Lipinski definition) is 0. The Morgan fingerprint density at radius 3 is 2.53 bits per heavy atom. The second kappa shape index (κ2) is 3.18. The third-order valence-electron chi connectivity index (χ3n) is 2.90. The van der Waals surface area contributed by atoms with Crippen molar-refractivity contribution in [3.8, 4) is 11.5 Å². The first kappa shape index (κ1) is 10.5. The van der Waals surface area contributed by atoms with E-state index in [4.69, 9.17) is 0 Å². The highest BCUT2D eigenvalue weighted by atomic mass is 19.3. The third-order valence-corrected chi connectivity index (χ3v) is 2.90. The van der Waals surface area contributed by atoms with E-state index in [1.807, 2.05) is 0 Å². The minimum absolute atomic E-state index is 0.0579. The highest BCUT2D eigenvalue weighted by molar-refractivity contribution is 5.95. The fourth-order valence-electron chi connectivity index (χ4n) is 2.00. The Kier molecular flexibility index (Phi) is 1.97. The molecule has 0 atom stereocenters. The van der Waals surface area contributed by atoms with Crippen molar-refractivity contribution in [1.29, 1.82) is 0 Å². The van der Waals surface area contributed by atoms with Crippen LogP contribution in [-0.4, -0.2) is 12.0 Å². The van der Waals surface area contributed by atoms with Crippen molar-refractivity contribution in [2.75, 3.05) is 0 Å². The normalized spacial score (nSPS) is 19.5. The molecule has 5 heteroatoms. The molecule has 0 fully saturated rings. The van der Waals surface area contributed by atoms with Crippen LogP contribution in [0.2, 0.25) is 0 Å². The lowest BCUT2D eigenvalue weighted by Crippen LogP contribution is -2.25. The van der Waals surface area contributed by atoms with Crippen LogP contribution in [0.1, 0.15) is 19.4 Å². The fourth-order valence-corrected chi connectivity index (χ4v) is 2.00. The molecule has 0 radical (unpaired) electrons. The van der Waals surface area contributed by atoms with Crippen LogP contribution in [0.15, 0.2) is 17.1 Å². The third kappa shape index (κ3) is 1.66. The van der Waals surface area contributed by atoms with E-state index in [2.05, 4.69) is 28.3 Å². The molecule has 2 aliphatic rings. The molecule has 0 saturated carbocycles. The molecular weight excluding hydrogens is 228 g/mol. The Labute approximate surface area is 97.1 Å². The summed E-state index contributed by atoms with van der Waals surface area (Å²) in [6.07, 6.45) is -2.86. The summed E-state index contributed by atoms with van der Waals surface area (Å²) in [6.45, 7) is 4.11. The van der Waals surface area contributed by atoms with Gasteiger partial charge in [0.05, 0.1) is 5.69 Å². The predicted molar refractivity (Wildman–Crippen MR) is 58.3 cm³/mol. The van der Waals surface area contributed by atoms with E-state index in [-0.39, 0.29) is 11.5 Å². The number of ether oxygens (including phenoxy) is 2. The average Bonchev–Trinajstić information content (AvgIpc) is 2.71. The van der Waals surface area contributed by atoms with Gasteiger partial charge in [0, 0.05) is 18.2 Å². The number of nitrogens with zero attached hydrogens (tertiary/aromatic N) is 1. The van der Waals surface area contributed by atoms with Gasteiger partial charge in [0.1, 0.15) is 0 Å². The molecule has 0 N–H and O–H groups in total. The number of benzene rings is 1. The number of fused-ring (bicyclic) bond motifs is 2. The van der Waals surface area contributed by atoms with Gasteiger partial charge in [0.25, 0.3) is 0 Å². The van der Waals surface area contributed by atoms with Crippen LogP contribution in [0.25, 0.3) is 0 Å². The van der Waals surface area contributed by atoms with Crippen LogP contribution < -0.4 is 9.47 Å². The van der Waals surface area contributed by atoms with Crippen molar-refractivity contribution in [2.45, 2.75) is 26.6 Å². The number of halogens is 2. The first-order valence-electron chi connectivity index (χ1n) is 5.45. The van der Waals surface area contributed by atoms with Gasteiger partial charge in [-0.25, -0.2) is 0 Å². The molecule has 0 amide bonds. The van der Waals surface area contributed by atoms with Crippen molar-refractivity contribution in [2.24, 2.45) is 10.9 Å². The minimum atomic E-state index is -3.55. The molecule has 0 aromatic heterocycles. The highest BCUT2D eigenvalue weighted by Crippen LogP contribution is 2.46. The van der Waals surface area contributed by atoms with Gasteiger partial charge in [-0.1, -0.05) is 13.8 Å². The first-order chi connectivity index (χ1) is 7.94. The smallest absolute Gasteiger partial charge is 0.395 e. The Morgan fingerprint density at radius 1 is 1.24 bits per heavy atom. The lowest BCUT2D eigenvalue weighted by Gasteiger charge is -2.04. The Morgan fingerprint density at radius 2 is 1.88 bits per heavy atom. The number of hydrogen-bond acceptors (Lipinski definition) is 3. The topological polar surface area (TPSA) is 30.8 Å². The van der Waals surface area contributed by atoms with Gasteiger partial charge in [0.15, 0.2) is 11.5 Å². The molecule has 0 spiro atoms. The van der Waals surface area contributed by atoms with Crippen LogP contribution >= 0.6 is 0 Å². The summed E-state index contributed by atoms with van der Waals surface area (Å²) in [4.78, 5) is 4.41. The van der Waals surface area contributed by atoms with E-state index in [0.29, 0.717) is 18.0 Å². The van der Waals surface area contributed by atoms with E-state index in [0.717, 1.165) is 11.3 Å². The van der Waals surface area contributed by atoms with Crippen LogP contribution in [0, 0.1) is 5.92 Å². The average molecular weight is 239 g/mol. The Bertz CT molecular complexity index is 523. The lowest BCUT2D eigenvalue weighted by molar-refractivity contribution is -0.286. The van der Waals surface area contributed by atoms with Gasteiger partial charge in [-0.05, 0) is 17.5 Å². The molecule has 90 valence electrons. The summed E-state index contributed by atoms with van der Waals surface area (Å²) >= 11 is 0. The van der Waals surface area contributed by atoms with E-state index < -0.39 is 6.29 Å². The molecule has 0 unspecified atom stereocenters. The molecule has 2 aliphatic heterocycles. The minimum Gasteiger partial charge on any atom is -0.395 e. The molecule has 1 aromatic rings. The maximum Gasteiger partial charge on any atom is 0.586 e. The van der Waals surface area contributed by atoms with Crippen molar-refractivity contribution in [3.63, 3.8) is 0 Å². The van der Waals surface area contributed by atoms with E-state index in [1.165, 1.54) is 6.07 Å². The second-order valence-corrected chi connectivity index (χ2v) is 4.53. The molecule has 3 rings (SSSR count). The monoisotopic (exact) mass is 239 g/mol. The van der Waals surface area contributed by atoms with Gasteiger partial charge in [-0.15, -0.1) is 8.78 Å². The molecule has 0 aliphatic carbocycles. The van der Waals surface area contributed by atoms with Gasteiger partial charge in [0.2, 0.25) is 0 Å². The molecule has 0 saturated heterocycles. The number of rotatable bonds is 1. The standard InChI is InChI=1S/C12H11F2NO2/c1-6(2)8-3-7-4-10-11(5-9(7)15-8)17-12(13,14)16-10/h4-6H,3H2,1-2H3. The number of aliphatic imine (C=N–C) groups is 1. The fraction of sp³-hybridized carbons (Fsp3) is 0.417. The van der Waals surface area contributed by atoms with Crippen LogP contribution in [0.4, 0.5) is 14.5 Å². The summed E-state index contributed by atoms with van der Waals surface area (Å²) in [5.74, 6) is 0.497. The highest BCUT2D eigenvalue weighted by Gasteiger charge is 2.44. The zero-order valence-corrected chi connectivity index (χ0v) is 9.46. The molecule has 3 nitrogen and oxygen atoms in total. The molecular formula is C12H11F2NO2.